The zero-order chi connectivity index (χ0) is 13.8. The first-order chi connectivity index (χ1) is 9.76. The topological polar surface area (TPSA) is 15.3 Å². The van der Waals surface area contributed by atoms with Crippen molar-refractivity contribution in [3.05, 3.63) is 35.6 Å². The van der Waals surface area contributed by atoms with Gasteiger partial charge in [0.1, 0.15) is 5.82 Å². The van der Waals surface area contributed by atoms with Crippen molar-refractivity contribution in [3.8, 4) is 0 Å². The van der Waals surface area contributed by atoms with Gasteiger partial charge in [-0.15, -0.1) is 0 Å². The Labute approximate surface area is 121 Å². The van der Waals surface area contributed by atoms with Crippen LogP contribution in [0.15, 0.2) is 24.3 Å². The quantitative estimate of drug-likeness (QED) is 0.913. The molecule has 1 aliphatic carbocycles. The first kappa shape index (κ1) is 14.0. The predicted molar refractivity (Wildman–Crippen MR) is 80.4 cm³/mol. The zero-order valence-corrected chi connectivity index (χ0v) is 12.2. The number of piperazine rings is 1. The molecule has 2 nitrogen and oxygen atoms in total. The minimum absolute atomic E-state index is 0.119. The van der Waals surface area contributed by atoms with Crippen molar-refractivity contribution < 1.29 is 4.39 Å². The maximum atomic E-state index is 13.2. The van der Waals surface area contributed by atoms with E-state index < -0.39 is 0 Å². The molecule has 0 amide bonds. The lowest BCUT2D eigenvalue weighted by Crippen LogP contribution is -2.61. The molecule has 3 heteroatoms. The smallest absolute Gasteiger partial charge is 0.123 e. The maximum absolute atomic E-state index is 13.2. The number of halogens is 1. The summed E-state index contributed by atoms with van der Waals surface area (Å²) in [6.45, 7) is 4.44. The molecular formula is C17H25FN2. The highest BCUT2D eigenvalue weighted by Crippen LogP contribution is 2.30. The molecule has 0 aromatic heterocycles. The van der Waals surface area contributed by atoms with Gasteiger partial charge in [-0.05, 0) is 37.0 Å². The molecule has 3 rings (SSSR count). The van der Waals surface area contributed by atoms with E-state index in [0.717, 1.165) is 31.6 Å². The van der Waals surface area contributed by atoms with Crippen LogP contribution in [0.4, 0.5) is 4.39 Å². The molecular weight excluding hydrogens is 251 g/mol. The van der Waals surface area contributed by atoms with Crippen LogP contribution in [0.1, 0.15) is 37.7 Å². The molecule has 1 saturated heterocycles. The maximum Gasteiger partial charge on any atom is 0.123 e. The van der Waals surface area contributed by atoms with Gasteiger partial charge in [-0.25, -0.2) is 4.39 Å². The molecule has 1 heterocycles. The summed E-state index contributed by atoms with van der Waals surface area (Å²) in [6, 6.07) is 7.02. The van der Waals surface area contributed by atoms with Crippen LogP contribution in [0, 0.1) is 5.82 Å². The van der Waals surface area contributed by atoms with E-state index in [1.165, 1.54) is 44.7 Å². The summed E-state index contributed by atoms with van der Waals surface area (Å²) in [4.78, 5) is 2.56. The second-order valence-electron chi connectivity index (χ2n) is 6.42. The van der Waals surface area contributed by atoms with E-state index in [-0.39, 0.29) is 5.82 Å². The SMILES string of the molecule is Fc1cccc(CCN2CCNC3(CCCCC3)C2)c1. The Bertz CT molecular complexity index is 435. The average Bonchev–Trinajstić information content (AvgIpc) is 2.46. The van der Waals surface area contributed by atoms with E-state index in [4.69, 9.17) is 0 Å². The minimum Gasteiger partial charge on any atom is -0.309 e. The summed E-state index contributed by atoms with van der Waals surface area (Å²) in [5.41, 5.74) is 1.49. The highest BCUT2D eigenvalue weighted by atomic mass is 19.1. The highest BCUT2D eigenvalue weighted by molar-refractivity contribution is 5.16. The summed E-state index contributed by atoms with van der Waals surface area (Å²) in [5, 5.41) is 3.77. The molecule has 0 atom stereocenters. The molecule has 20 heavy (non-hydrogen) atoms. The van der Waals surface area contributed by atoms with Crippen molar-refractivity contribution in [1.82, 2.24) is 10.2 Å². The first-order valence-corrected chi connectivity index (χ1v) is 7.98. The summed E-state index contributed by atoms with van der Waals surface area (Å²) < 4.78 is 13.2. The highest BCUT2D eigenvalue weighted by Gasteiger charge is 2.35. The van der Waals surface area contributed by atoms with Crippen LogP contribution < -0.4 is 5.32 Å². The van der Waals surface area contributed by atoms with Crippen LogP contribution in [0.5, 0.6) is 0 Å². The number of rotatable bonds is 3. The van der Waals surface area contributed by atoms with Gasteiger partial charge in [0.25, 0.3) is 0 Å². The van der Waals surface area contributed by atoms with E-state index in [2.05, 4.69) is 10.2 Å². The summed E-state index contributed by atoms with van der Waals surface area (Å²) >= 11 is 0. The monoisotopic (exact) mass is 276 g/mol. The second-order valence-corrected chi connectivity index (χ2v) is 6.42. The predicted octanol–water partition coefficient (Wildman–Crippen LogP) is 2.98. The van der Waals surface area contributed by atoms with E-state index in [9.17, 15) is 4.39 Å². The lowest BCUT2D eigenvalue weighted by molar-refractivity contribution is 0.100. The standard InChI is InChI=1S/C17H25FN2/c18-16-6-4-5-15(13-16)7-11-20-12-10-19-17(14-20)8-2-1-3-9-17/h4-6,13,19H,1-3,7-12,14H2. The molecule has 1 aromatic rings. The van der Waals surface area contributed by atoms with Crippen LogP contribution in [0.3, 0.4) is 0 Å². The van der Waals surface area contributed by atoms with Gasteiger partial charge in [-0.1, -0.05) is 31.4 Å². The Morgan fingerprint density at radius 3 is 2.85 bits per heavy atom. The zero-order valence-electron chi connectivity index (χ0n) is 12.2. The molecule has 0 bridgehead atoms. The Morgan fingerprint density at radius 1 is 1.20 bits per heavy atom. The lowest BCUT2D eigenvalue weighted by atomic mass is 9.80. The number of hydrogen-bond acceptors (Lipinski definition) is 2. The normalized spacial score (nSPS) is 23.1. The Kier molecular flexibility index (Phi) is 4.37. The number of hydrogen-bond donors (Lipinski definition) is 1. The largest absolute Gasteiger partial charge is 0.309 e. The molecule has 110 valence electrons. The van der Waals surface area contributed by atoms with Crippen molar-refractivity contribution in [2.75, 3.05) is 26.2 Å². The molecule has 2 aliphatic rings. The number of benzene rings is 1. The van der Waals surface area contributed by atoms with Crippen LogP contribution >= 0.6 is 0 Å². The van der Waals surface area contributed by atoms with Gasteiger partial charge in [0.15, 0.2) is 0 Å². The van der Waals surface area contributed by atoms with Crippen molar-refractivity contribution in [1.29, 1.82) is 0 Å². The van der Waals surface area contributed by atoms with E-state index in [0.29, 0.717) is 5.54 Å². The fourth-order valence-electron chi connectivity index (χ4n) is 3.78. The van der Waals surface area contributed by atoms with E-state index >= 15 is 0 Å². The Morgan fingerprint density at radius 2 is 2.05 bits per heavy atom. The number of nitrogens with one attached hydrogen (secondary N) is 1. The molecule has 1 aliphatic heterocycles. The van der Waals surface area contributed by atoms with Gasteiger partial charge in [0.2, 0.25) is 0 Å². The molecule has 2 fully saturated rings. The minimum atomic E-state index is -0.119. The Balaban J connectivity index is 1.55. The van der Waals surface area contributed by atoms with Gasteiger partial charge in [-0.2, -0.15) is 0 Å². The van der Waals surface area contributed by atoms with Gasteiger partial charge in [0.05, 0.1) is 0 Å². The summed E-state index contributed by atoms with van der Waals surface area (Å²) in [6.07, 6.45) is 7.73. The van der Waals surface area contributed by atoms with Crippen LogP contribution in [-0.4, -0.2) is 36.6 Å². The van der Waals surface area contributed by atoms with Crippen LogP contribution in [0.25, 0.3) is 0 Å². The van der Waals surface area contributed by atoms with Crippen molar-refractivity contribution in [2.24, 2.45) is 0 Å². The third-order valence-corrected chi connectivity index (χ3v) is 4.87. The van der Waals surface area contributed by atoms with Gasteiger partial charge < -0.3 is 5.32 Å². The van der Waals surface area contributed by atoms with Crippen LogP contribution in [-0.2, 0) is 6.42 Å². The lowest BCUT2D eigenvalue weighted by Gasteiger charge is -2.46. The third kappa shape index (κ3) is 3.39. The van der Waals surface area contributed by atoms with Gasteiger partial charge in [0, 0.05) is 31.7 Å². The van der Waals surface area contributed by atoms with Gasteiger partial charge in [-0.3, -0.25) is 4.90 Å². The fraction of sp³-hybridized carbons (Fsp3) is 0.647. The van der Waals surface area contributed by atoms with Crippen LogP contribution in [0.2, 0.25) is 0 Å². The van der Waals surface area contributed by atoms with E-state index in [1.807, 2.05) is 12.1 Å². The molecule has 1 saturated carbocycles. The van der Waals surface area contributed by atoms with Crippen molar-refractivity contribution >= 4 is 0 Å². The fourth-order valence-corrected chi connectivity index (χ4v) is 3.78. The van der Waals surface area contributed by atoms with Gasteiger partial charge >= 0.3 is 0 Å². The third-order valence-electron chi connectivity index (χ3n) is 4.87. The van der Waals surface area contributed by atoms with E-state index in [1.54, 1.807) is 6.07 Å². The summed E-state index contributed by atoms with van der Waals surface area (Å²) in [7, 11) is 0. The summed E-state index contributed by atoms with van der Waals surface area (Å²) in [5.74, 6) is -0.119. The molecule has 1 aromatic carbocycles. The molecule has 1 spiro atoms. The Hall–Kier alpha value is -0.930. The van der Waals surface area contributed by atoms with Crippen molar-refractivity contribution in [3.63, 3.8) is 0 Å². The number of nitrogens with zero attached hydrogens (tertiary/aromatic N) is 1. The van der Waals surface area contributed by atoms with Crippen molar-refractivity contribution in [2.45, 2.75) is 44.1 Å². The average molecular weight is 276 g/mol. The molecule has 0 radical (unpaired) electrons. The molecule has 1 N–H and O–H groups in total. The second kappa shape index (κ2) is 6.23. The first-order valence-electron chi connectivity index (χ1n) is 7.98. The molecule has 0 unspecified atom stereocenters.